The van der Waals surface area contributed by atoms with E-state index in [9.17, 15) is 63.6 Å². The van der Waals surface area contributed by atoms with Gasteiger partial charge < -0.3 is 46.4 Å². The van der Waals surface area contributed by atoms with Crippen LogP contribution in [0.25, 0.3) is 0 Å². The number of aliphatic carboxylic acids is 5. The summed E-state index contributed by atoms with van der Waals surface area (Å²) in [5.41, 5.74) is 1.58. The Kier molecular flexibility index (Phi) is 25.1. The molecule has 0 radical (unpaired) electrons. The number of Topliss-reactive ketones (excluding diaryl/α,β-unsaturated/α-hetero) is 1. The summed E-state index contributed by atoms with van der Waals surface area (Å²) in [6.07, 6.45) is 2.93. The van der Waals surface area contributed by atoms with Crippen molar-refractivity contribution in [1.29, 1.82) is 0 Å². The zero-order valence-corrected chi connectivity index (χ0v) is 36.7. The third-order valence-corrected chi connectivity index (χ3v) is 10.4. The quantitative estimate of drug-likeness (QED) is 0.0502. The molecule has 1 aliphatic heterocycles. The molecule has 8 N–H and O–H groups in total. The van der Waals surface area contributed by atoms with Gasteiger partial charge in [0.15, 0.2) is 5.78 Å². The lowest BCUT2D eigenvalue weighted by Crippen LogP contribution is -2.50. The van der Waals surface area contributed by atoms with Gasteiger partial charge in [0.25, 0.3) is 0 Å². The number of rotatable bonds is 27. The average molecular weight is 908 g/mol. The first-order chi connectivity index (χ1) is 30.3. The fraction of sp³-hybridized carbons (Fsp3) is 0.659. The van der Waals surface area contributed by atoms with E-state index in [1.54, 1.807) is 25.8 Å². The number of nitrogens with zero attached hydrogens (tertiary/aromatic N) is 6. The number of carbonyl (C=O) groups is 9. The van der Waals surface area contributed by atoms with Crippen LogP contribution in [0.4, 0.5) is 4.79 Å². The minimum Gasteiger partial charge on any atom is -0.481 e. The van der Waals surface area contributed by atoms with Crippen molar-refractivity contribution in [3.63, 3.8) is 0 Å². The minimum atomic E-state index is -1.31. The Morgan fingerprint density at radius 3 is 1.61 bits per heavy atom. The summed E-state index contributed by atoms with van der Waals surface area (Å²) in [6.45, 7) is 5.06. The van der Waals surface area contributed by atoms with Gasteiger partial charge in [-0.15, -0.1) is 0 Å². The van der Waals surface area contributed by atoms with Crippen molar-refractivity contribution in [1.82, 2.24) is 45.4 Å². The molecule has 1 aromatic heterocycles. The lowest BCUT2D eigenvalue weighted by Gasteiger charge is -2.32. The third kappa shape index (κ3) is 24.2. The Morgan fingerprint density at radius 2 is 1.16 bits per heavy atom. The summed E-state index contributed by atoms with van der Waals surface area (Å²) >= 11 is 0. The predicted octanol–water partition coefficient (Wildman–Crippen LogP) is -0.774. The highest BCUT2D eigenvalue weighted by molar-refractivity contribution is 5.89. The number of ketones is 1. The highest BCUT2D eigenvalue weighted by Gasteiger charge is 2.25. The molecule has 0 unspecified atom stereocenters. The van der Waals surface area contributed by atoms with Gasteiger partial charge in [-0.3, -0.25) is 58.1 Å². The summed E-state index contributed by atoms with van der Waals surface area (Å²) in [4.78, 5) is 121. The number of urea groups is 1. The van der Waals surface area contributed by atoms with Crippen LogP contribution in [0.2, 0.25) is 0 Å². The van der Waals surface area contributed by atoms with E-state index < -0.39 is 53.7 Å². The van der Waals surface area contributed by atoms with Gasteiger partial charge in [-0.1, -0.05) is 6.07 Å². The van der Waals surface area contributed by atoms with Gasteiger partial charge in [-0.05, 0) is 64.0 Å². The topological polar surface area (TPSA) is 320 Å². The number of aromatic nitrogens is 1. The second-order valence-corrected chi connectivity index (χ2v) is 15.8. The molecule has 0 bridgehead atoms. The number of hydrogen-bond donors (Lipinski definition) is 8. The molecule has 2 rings (SSSR count). The van der Waals surface area contributed by atoms with Crippen molar-refractivity contribution >= 4 is 53.5 Å². The molecule has 2 heterocycles. The molecule has 0 aliphatic carbocycles. The molecule has 0 saturated carbocycles. The molecule has 64 heavy (non-hydrogen) atoms. The molecule has 2 atom stereocenters. The van der Waals surface area contributed by atoms with Crippen molar-refractivity contribution in [2.24, 2.45) is 0 Å². The van der Waals surface area contributed by atoms with Gasteiger partial charge >= 0.3 is 35.9 Å². The van der Waals surface area contributed by atoms with Crippen LogP contribution >= 0.6 is 0 Å². The molecule has 23 heteroatoms. The maximum absolute atomic E-state index is 13.5. The van der Waals surface area contributed by atoms with Crippen LogP contribution in [0.1, 0.15) is 69.5 Å². The number of hydrogen-bond acceptors (Lipinski definition) is 14. The van der Waals surface area contributed by atoms with Crippen LogP contribution < -0.4 is 16.0 Å². The molecule has 1 aliphatic rings. The monoisotopic (exact) mass is 907 g/mol. The lowest BCUT2D eigenvalue weighted by molar-refractivity contribution is -0.140. The van der Waals surface area contributed by atoms with Gasteiger partial charge in [0, 0.05) is 96.7 Å². The van der Waals surface area contributed by atoms with E-state index in [1.165, 1.54) is 6.92 Å². The molecule has 0 spiro atoms. The first-order valence-corrected chi connectivity index (χ1v) is 21.3. The highest BCUT2D eigenvalue weighted by atomic mass is 16.4. The number of carboxylic acids is 5. The van der Waals surface area contributed by atoms with E-state index >= 15 is 0 Å². The second kappa shape index (κ2) is 29.6. The summed E-state index contributed by atoms with van der Waals surface area (Å²) in [6, 6.07) is 0.347. The van der Waals surface area contributed by atoms with E-state index in [2.05, 4.69) is 20.9 Å². The predicted molar refractivity (Wildman–Crippen MR) is 228 cm³/mol. The summed E-state index contributed by atoms with van der Waals surface area (Å²) in [5, 5.41) is 54.5. The second-order valence-electron chi connectivity index (χ2n) is 15.8. The largest absolute Gasteiger partial charge is 0.481 e. The molecule has 1 fully saturated rings. The smallest absolute Gasteiger partial charge is 0.326 e. The maximum atomic E-state index is 13.5. The fourth-order valence-corrected chi connectivity index (χ4v) is 6.85. The van der Waals surface area contributed by atoms with E-state index in [-0.39, 0.29) is 123 Å². The molecule has 23 nitrogen and oxygen atoms in total. The van der Waals surface area contributed by atoms with Gasteiger partial charge in [0.1, 0.15) is 6.04 Å². The van der Waals surface area contributed by atoms with Crippen molar-refractivity contribution in [2.45, 2.75) is 83.8 Å². The van der Waals surface area contributed by atoms with Crippen molar-refractivity contribution < 1.29 is 68.7 Å². The zero-order chi connectivity index (χ0) is 47.6. The van der Waals surface area contributed by atoms with Gasteiger partial charge in [-0.2, -0.15) is 0 Å². The number of amides is 4. The number of aryl methyl sites for hydroxylation is 1. The van der Waals surface area contributed by atoms with Crippen molar-refractivity contribution in [3.05, 3.63) is 29.6 Å². The van der Waals surface area contributed by atoms with E-state index in [0.717, 1.165) is 11.3 Å². The fourth-order valence-electron chi connectivity index (χ4n) is 6.85. The standard InChI is InChI=1S/C41H65N9O14/c1-29-9-10-31(23-43-29)24-50(14-6-4-7-33(40(62)63)45-41(64)44-32(30(2)51)11-12-36(54)55)35(53)8-3-5-13-42-34(52)25-46-15-17-47(26-37(56)57)19-21-49(28-39(60)61)22-20-48(18-16-46)27-38(58)59/h9-10,23,32-33H,3-8,11-22,24-28H2,1-2H3,(H,42,52)(H,54,55)(H,56,57)(H,58,59)(H,60,61)(H,62,63)(H2,44,45,64)/t32-,33-/m0/s1. The number of carboxylic acid groups (broad SMARTS) is 5. The summed E-state index contributed by atoms with van der Waals surface area (Å²) in [7, 11) is 0. The Labute approximate surface area is 372 Å². The highest BCUT2D eigenvalue weighted by Crippen LogP contribution is 2.12. The Bertz CT molecular complexity index is 1680. The Morgan fingerprint density at radius 1 is 0.641 bits per heavy atom. The summed E-state index contributed by atoms with van der Waals surface area (Å²) < 4.78 is 0. The number of pyridine rings is 1. The average Bonchev–Trinajstić information content (AvgIpc) is 3.20. The maximum Gasteiger partial charge on any atom is 0.326 e. The molecular formula is C41H65N9O14. The third-order valence-electron chi connectivity index (χ3n) is 10.4. The van der Waals surface area contributed by atoms with Crippen LogP contribution in [0.15, 0.2) is 18.3 Å². The van der Waals surface area contributed by atoms with Crippen LogP contribution in [0, 0.1) is 6.92 Å². The Balaban J connectivity index is 1.96. The van der Waals surface area contributed by atoms with Crippen LogP contribution in [0.3, 0.4) is 0 Å². The van der Waals surface area contributed by atoms with E-state index in [1.807, 2.05) is 24.0 Å². The van der Waals surface area contributed by atoms with E-state index in [4.69, 9.17) is 5.11 Å². The number of unbranched alkanes of at least 4 members (excludes halogenated alkanes) is 2. The van der Waals surface area contributed by atoms with Crippen LogP contribution in [-0.4, -0.2) is 212 Å². The molecule has 4 amide bonds. The van der Waals surface area contributed by atoms with E-state index in [0.29, 0.717) is 38.8 Å². The first kappa shape index (κ1) is 54.4. The summed E-state index contributed by atoms with van der Waals surface area (Å²) in [5.74, 6) is -6.57. The van der Waals surface area contributed by atoms with Gasteiger partial charge in [0.05, 0.1) is 32.2 Å². The van der Waals surface area contributed by atoms with Crippen molar-refractivity contribution in [2.75, 3.05) is 91.6 Å². The molecule has 1 saturated heterocycles. The van der Waals surface area contributed by atoms with Crippen molar-refractivity contribution in [3.8, 4) is 0 Å². The SMILES string of the molecule is CC(=O)[C@H](CCC(=O)O)NC(=O)N[C@@H](CCCCN(Cc1ccc(C)nc1)C(=O)CCCCNC(=O)CN1CCN(CC(=O)O)CCN(CC(=O)O)CCN(CC(=O)O)CC1)C(=O)O. The van der Waals surface area contributed by atoms with Crippen LogP contribution in [-0.2, 0) is 44.9 Å². The first-order valence-electron chi connectivity index (χ1n) is 21.3. The Hall–Kier alpha value is -5.78. The number of carbonyl (C=O) groups excluding carboxylic acids is 4. The number of nitrogens with one attached hydrogen (secondary N) is 3. The molecular weight excluding hydrogens is 842 g/mol. The van der Waals surface area contributed by atoms with Crippen LogP contribution in [0.5, 0.6) is 0 Å². The van der Waals surface area contributed by atoms with Gasteiger partial charge in [0.2, 0.25) is 11.8 Å². The zero-order valence-electron chi connectivity index (χ0n) is 36.7. The normalized spacial score (nSPS) is 15.7. The molecule has 0 aromatic carbocycles. The lowest BCUT2D eigenvalue weighted by atomic mass is 10.1. The minimum absolute atomic E-state index is 0.0163. The molecule has 358 valence electrons. The molecule has 1 aromatic rings. The van der Waals surface area contributed by atoms with Gasteiger partial charge in [-0.25, -0.2) is 9.59 Å².